The summed E-state index contributed by atoms with van der Waals surface area (Å²) >= 11 is 5.80. The first-order valence-electron chi connectivity index (χ1n) is 3.41. The molecule has 0 nitrogen and oxygen atoms in total. The van der Waals surface area contributed by atoms with Gasteiger partial charge >= 0.3 is 19.5 Å². The Balaban J connectivity index is 0.000000810. The third kappa shape index (κ3) is 4.25. The number of rotatable bonds is 0. The molecule has 0 aromatic carbocycles. The van der Waals surface area contributed by atoms with Gasteiger partial charge in [0.15, 0.2) is 0 Å². The van der Waals surface area contributed by atoms with Crippen molar-refractivity contribution in [2.75, 3.05) is 0 Å². The number of hydrogen-bond donors (Lipinski definition) is 0. The summed E-state index contributed by atoms with van der Waals surface area (Å²) < 4.78 is 0. The van der Waals surface area contributed by atoms with Gasteiger partial charge in [-0.2, -0.15) is 0 Å². The Morgan fingerprint density at radius 3 is 2.90 bits per heavy atom. The van der Waals surface area contributed by atoms with Crippen molar-refractivity contribution < 1.29 is 19.5 Å². The van der Waals surface area contributed by atoms with Crippen molar-refractivity contribution in [2.24, 2.45) is 0 Å². The van der Waals surface area contributed by atoms with Crippen LogP contribution in [0.4, 0.5) is 0 Å². The average Bonchev–Trinajstić information content (AvgIpc) is 1.79. The van der Waals surface area contributed by atoms with Crippen molar-refractivity contribution in [1.82, 2.24) is 0 Å². The van der Waals surface area contributed by atoms with Gasteiger partial charge in [-0.15, -0.1) is 0 Å². The van der Waals surface area contributed by atoms with Gasteiger partial charge in [0.2, 0.25) is 0 Å². The van der Waals surface area contributed by atoms with E-state index in [0.717, 1.165) is 11.5 Å². The average molecular weight is 246 g/mol. The Hall–Kier alpha value is 0.393. The summed E-state index contributed by atoms with van der Waals surface area (Å²) in [4.78, 5) is 0. The number of halogens is 1. The molecule has 0 saturated heterocycles. The molecule has 0 amide bonds. The summed E-state index contributed by atoms with van der Waals surface area (Å²) in [6, 6.07) is 0. The molecule has 0 aromatic heterocycles. The molecule has 0 aromatic rings. The van der Waals surface area contributed by atoms with E-state index in [0.29, 0.717) is 0 Å². The van der Waals surface area contributed by atoms with Crippen LogP contribution in [-0.4, -0.2) is 0 Å². The van der Waals surface area contributed by atoms with Crippen molar-refractivity contribution in [3.05, 3.63) is 23.3 Å². The molecule has 57 valence electrons. The molecule has 0 N–H and O–H groups in total. The summed E-state index contributed by atoms with van der Waals surface area (Å²) in [6.45, 7) is 0. The predicted molar refractivity (Wildman–Crippen MR) is 41.5 cm³/mol. The number of allylic oxidation sites excluding steroid dienone is 4. The van der Waals surface area contributed by atoms with Crippen molar-refractivity contribution >= 4 is 11.6 Å². The van der Waals surface area contributed by atoms with E-state index >= 15 is 0 Å². The maximum Gasteiger partial charge on any atom is 2.00 e. The van der Waals surface area contributed by atoms with Gasteiger partial charge < -0.3 is 0 Å². The quantitative estimate of drug-likeness (QED) is 0.575. The third-order valence-corrected chi connectivity index (χ3v) is 1.76. The van der Waals surface area contributed by atoms with Crippen LogP contribution in [0.3, 0.4) is 0 Å². The van der Waals surface area contributed by atoms with Gasteiger partial charge in [-0.05, 0) is 31.8 Å². The molecule has 0 fully saturated rings. The molecule has 0 spiro atoms. The molecule has 1 aliphatic carbocycles. The van der Waals surface area contributed by atoms with Crippen LogP contribution in [0.15, 0.2) is 23.3 Å². The van der Waals surface area contributed by atoms with E-state index in [4.69, 9.17) is 11.6 Å². The molecule has 0 atom stereocenters. The first kappa shape index (κ1) is 10.4. The fourth-order valence-electron chi connectivity index (χ4n) is 0.908. The maximum absolute atomic E-state index is 5.80. The summed E-state index contributed by atoms with van der Waals surface area (Å²) in [6.07, 6.45) is 11.0. The zero-order chi connectivity index (χ0) is 6.53. The van der Waals surface area contributed by atoms with Gasteiger partial charge in [-0.3, -0.25) is 0 Å². The van der Waals surface area contributed by atoms with E-state index in [1.54, 1.807) is 0 Å². The molecule has 0 aliphatic heterocycles. The van der Waals surface area contributed by atoms with Gasteiger partial charge in [0.1, 0.15) is 0 Å². The van der Waals surface area contributed by atoms with Crippen LogP contribution in [0.2, 0.25) is 0 Å². The Kier molecular flexibility index (Phi) is 6.37. The molecule has 0 heterocycles. The monoisotopic (exact) mass is 245 g/mol. The zero-order valence-electron chi connectivity index (χ0n) is 5.77. The Morgan fingerprint density at radius 1 is 1.30 bits per heavy atom. The Labute approximate surface area is 80.1 Å². The van der Waals surface area contributed by atoms with Gasteiger partial charge in [0, 0.05) is 5.03 Å². The minimum absolute atomic E-state index is 0. The van der Waals surface area contributed by atoms with Crippen LogP contribution in [0.1, 0.15) is 25.7 Å². The van der Waals surface area contributed by atoms with Gasteiger partial charge in [-0.1, -0.05) is 23.8 Å². The second kappa shape index (κ2) is 6.13. The summed E-state index contributed by atoms with van der Waals surface area (Å²) in [7, 11) is 0. The maximum atomic E-state index is 5.80. The molecular weight excluding hydrogens is 234 g/mol. The van der Waals surface area contributed by atoms with Crippen LogP contribution in [0.25, 0.3) is 0 Å². The smallest absolute Gasteiger partial charge is 0.0892 e. The second-order valence-corrected chi connectivity index (χ2v) is 2.77. The zero-order valence-corrected chi connectivity index (χ0v) is 8.17. The van der Waals surface area contributed by atoms with Gasteiger partial charge in [0.05, 0.1) is 0 Å². The summed E-state index contributed by atoms with van der Waals surface area (Å²) in [5.41, 5.74) is 0. The van der Waals surface area contributed by atoms with Gasteiger partial charge in [-0.25, -0.2) is 0 Å². The van der Waals surface area contributed by atoms with Crippen molar-refractivity contribution in [2.45, 2.75) is 25.7 Å². The minimum Gasteiger partial charge on any atom is -0.0892 e. The third-order valence-electron chi connectivity index (χ3n) is 1.45. The van der Waals surface area contributed by atoms with Crippen molar-refractivity contribution in [3.8, 4) is 0 Å². The van der Waals surface area contributed by atoms with E-state index in [2.05, 4.69) is 6.08 Å². The van der Waals surface area contributed by atoms with Crippen LogP contribution in [0, 0.1) is 0 Å². The molecular formula is C8H11ClRh+2. The molecule has 1 radical (unpaired) electrons. The van der Waals surface area contributed by atoms with Crippen LogP contribution in [0.5, 0.6) is 0 Å². The molecule has 0 saturated carbocycles. The molecule has 0 bridgehead atoms. The first-order chi connectivity index (χ1) is 4.39. The van der Waals surface area contributed by atoms with Crippen LogP contribution >= 0.6 is 11.6 Å². The number of hydrogen-bond acceptors (Lipinski definition) is 0. The van der Waals surface area contributed by atoms with E-state index < -0.39 is 0 Å². The minimum atomic E-state index is 0. The SMILES string of the molecule is Cl/C1=C/C=C\CCCC1.[Rh+2]. The molecule has 0 unspecified atom stereocenters. The van der Waals surface area contributed by atoms with Crippen LogP contribution < -0.4 is 0 Å². The summed E-state index contributed by atoms with van der Waals surface area (Å²) in [5.74, 6) is 0. The fraction of sp³-hybridized carbons (Fsp3) is 0.500. The second-order valence-electron chi connectivity index (χ2n) is 2.29. The van der Waals surface area contributed by atoms with E-state index in [-0.39, 0.29) is 19.5 Å². The van der Waals surface area contributed by atoms with Crippen molar-refractivity contribution in [1.29, 1.82) is 0 Å². The van der Waals surface area contributed by atoms with E-state index in [1.807, 2.05) is 12.2 Å². The largest absolute Gasteiger partial charge is 2.00 e. The standard InChI is InChI=1S/C8H11Cl.Rh/c9-8-6-4-2-1-3-5-7-8;/h2,4,6H,1,3,5,7H2;/q;+2/b4-2-,8-6+;. The van der Waals surface area contributed by atoms with E-state index in [9.17, 15) is 0 Å². The molecule has 10 heavy (non-hydrogen) atoms. The van der Waals surface area contributed by atoms with Gasteiger partial charge in [0.25, 0.3) is 0 Å². The first-order valence-corrected chi connectivity index (χ1v) is 3.78. The molecule has 1 aliphatic rings. The van der Waals surface area contributed by atoms with Crippen molar-refractivity contribution in [3.63, 3.8) is 0 Å². The molecule has 1 rings (SSSR count). The summed E-state index contributed by atoms with van der Waals surface area (Å²) in [5, 5.41) is 0.992. The topological polar surface area (TPSA) is 0 Å². The normalized spacial score (nSPS) is 26.7. The van der Waals surface area contributed by atoms with E-state index in [1.165, 1.54) is 19.3 Å². The Morgan fingerprint density at radius 2 is 2.10 bits per heavy atom. The fourth-order valence-corrected chi connectivity index (χ4v) is 1.11. The molecule has 2 heteroatoms. The van der Waals surface area contributed by atoms with Crippen LogP contribution in [-0.2, 0) is 19.5 Å². The predicted octanol–water partition coefficient (Wildman–Crippen LogP) is 3.24. The Bertz CT molecular complexity index is 138.